The highest BCUT2D eigenvalue weighted by atomic mass is 35.5. The minimum atomic E-state index is -4.59. The summed E-state index contributed by atoms with van der Waals surface area (Å²) in [5.74, 6) is -0.202. The zero-order chi connectivity index (χ0) is 25.7. The average Bonchev–Trinajstić information content (AvgIpc) is 2.76. The number of para-hydroxylation sites is 2. The van der Waals surface area contributed by atoms with Gasteiger partial charge in [0.05, 0.1) is 31.2 Å². The molecule has 0 saturated carbocycles. The summed E-state index contributed by atoms with van der Waals surface area (Å²) in [5.41, 5.74) is 1.38. The second-order valence-electron chi connectivity index (χ2n) is 7.95. The van der Waals surface area contributed by atoms with E-state index in [1.54, 1.807) is 50.2 Å². The molecule has 0 amide bonds. The highest BCUT2D eigenvalue weighted by Crippen LogP contribution is 2.45. The van der Waals surface area contributed by atoms with E-state index in [2.05, 4.69) is 0 Å². The van der Waals surface area contributed by atoms with Gasteiger partial charge in [0.15, 0.2) is 0 Å². The van der Waals surface area contributed by atoms with Crippen LogP contribution >= 0.6 is 23.2 Å². The molecule has 0 unspecified atom stereocenters. The Bertz CT molecular complexity index is 1610. The van der Waals surface area contributed by atoms with E-state index in [-0.39, 0.29) is 37.9 Å². The lowest BCUT2D eigenvalue weighted by molar-refractivity contribution is 0.476. The molecule has 0 bridgehead atoms. The number of hydrogen-bond acceptors (Lipinski definition) is 5. The van der Waals surface area contributed by atoms with Crippen molar-refractivity contribution in [2.45, 2.75) is 23.6 Å². The lowest BCUT2D eigenvalue weighted by Gasteiger charge is -2.29. The third-order valence-corrected chi connectivity index (χ3v) is 8.75. The Morgan fingerprint density at radius 2 is 1.34 bits per heavy atom. The van der Waals surface area contributed by atoms with Crippen LogP contribution in [0.15, 0.2) is 76.5 Å². The number of fused-ring (bicyclic) bond motifs is 1. The molecule has 7 nitrogen and oxygen atoms in total. The Kier molecular flexibility index (Phi) is 6.50. The van der Waals surface area contributed by atoms with Crippen LogP contribution in [0.2, 0.25) is 10.0 Å². The predicted octanol–water partition coefficient (Wildman–Crippen LogP) is 5.64. The van der Waals surface area contributed by atoms with E-state index in [1.165, 1.54) is 24.3 Å². The molecule has 0 spiro atoms. The number of aryl methyl sites for hydroxylation is 2. The van der Waals surface area contributed by atoms with Gasteiger partial charge < -0.3 is 5.11 Å². The molecule has 4 aromatic rings. The van der Waals surface area contributed by atoms with Crippen molar-refractivity contribution >= 4 is 65.4 Å². The zero-order valence-electron chi connectivity index (χ0n) is 18.5. The molecule has 11 heteroatoms. The Balaban J connectivity index is 2.19. The maximum atomic E-state index is 14.4. The fourth-order valence-corrected chi connectivity index (χ4v) is 7.13. The number of benzene rings is 4. The SMILES string of the molecule is Cc1cccc(Cl)c1N(c1c(C)cccc1Cl)S(=O)(=O)c1cc(S(N)(=O)=O)cc2ccc(O)cc12. The quantitative estimate of drug-likeness (QED) is 0.333. The van der Waals surface area contributed by atoms with Gasteiger partial charge >= 0.3 is 0 Å². The number of halogens is 2. The summed E-state index contributed by atoms with van der Waals surface area (Å²) < 4.78 is 54.3. The van der Waals surface area contributed by atoms with Crippen LogP contribution in [0.25, 0.3) is 10.8 Å². The van der Waals surface area contributed by atoms with Crippen molar-refractivity contribution in [2.75, 3.05) is 4.31 Å². The number of sulfonamides is 2. The van der Waals surface area contributed by atoms with Crippen molar-refractivity contribution in [2.24, 2.45) is 5.14 Å². The molecule has 35 heavy (non-hydrogen) atoms. The molecule has 0 fully saturated rings. The summed E-state index contributed by atoms with van der Waals surface area (Å²) in [6.07, 6.45) is 0. The third-order valence-electron chi connectivity index (χ3n) is 5.50. The van der Waals surface area contributed by atoms with Gasteiger partial charge in [0.2, 0.25) is 10.0 Å². The highest BCUT2D eigenvalue weighted by Gasteiger charge is 2.34. The monoisotopic (exact) mass is 550 g/mol. The largest absolute Gasteiger partial charge is 0.508 e. The van der Waals surface area contributed by atoms with Gasteiger partial charge in [-0.25, -0.2) is 26.3 Å². The van der Waals surface area contributed by atoms with Crippen LogP contribution in [0.4, 0.5) is 11.4 Å². The van der Waals surface area contributed by atoms with Gasteiger partial charge in [-0.05, 0) is 66.8 Å². The summed E-state index contributed by atoms with van der Waals surface area (Å²) in [7, 11) is -8.86. The lowest BCUT2D eigenvalue weighted by atomic mass is 10.1. The Morgan fingerprint density at radius 3 is 1.83 bits per heavy atom. The van der Waals surface area contributed by atoms with Gasteiger partial charge in [0, 0.05) is 5.39 Å². The number of phenols is 1. The number of anilines is 2. The van der Waals surface area contributed by atoms with Crippen molar-refractivity contribution in [3.8, 4) is 5.75 Å². The summed E-state index contributed by atoms with van der Waals surface area (Å²) in [6.45, 7) is 3.39. The summed E-state index contributed by atoms with van der Waals surface area (Å²) >= 11 is 13.0. The average molecular weight is 551 g/mol. The maximum absolute atomic E-state index is 14.4. The van der Waals surface area contributed by atoms with Crippen LogP contribution in [-0.2, 0) is 20.0 Å². The first-order valence-corrected chi connectivity index (χ1v) is 13.9. The second kappa shape index (κ2) is 9.00. The van der Waals surface area contributed by atoms with E-state index in [1.807, 2.05) is 0 Å². The summed E-state index contributed by atoms with van der Waals surface area (Å²) in [5, 5.41) is 16.1. The molecule has 0 aromatic heterocycles. The Labute approximate surface area is 213 Å². The second-order valence-corrected chi connectivity index (χ2v) is 12.1. The number of hydrogen-bond donors (Lipinski definition) is 2. The van der Waals surface area contributed by atoms with Gasteiger partial charge in [0.25, 0.3) is 10.0 Å². The summed E-state index contributed by atoms with van der Waals surface area (Å²) in [4.78, 5) is -0.797. The highest BCUT2D eigenvalue weighted by molar-refractivity contribution is 7.93. The molecule has 0 aliphatic carbocycles. The van der Waals surface area contributed by atoms with Crippen molar-refractivity contribution < 1.29 is 21.9 Å². The number of nitrogens with two attached hydrogens (primary N) is 1. The third kappa shape index (κ3) is 4.57. The molecule has 0 atom stereocenters. The van der Waals surface area contributed by atoms with Crippen LogP contribution in [0.3, 0.4) is 0 Å². The minimum Gasteiger partial charge on any atom is -0.508 e. The molecule has 0 aliphatic heterocycles. The van der Waals surface area contributed by atoms with Gasteiger partial charge in [-0.15, -0.1) is 0 Å². The van der Waals surface area contributed by atoms with Crippen LogP contribution in [0, 0.1) is 13.8 Å². The minimum absolute atomic E-state index is 0.0943. The van der Waals surface area contributed by atoms with Gasteiger partial charge in [-0.3, -0.25) is 0 Å². The zero-order valence-corrected chi connectivity index (χ0v) is 21.7. The normalized spacial score (nSPS) is 12.1. The number of nitrogens with zero attached hydrogens (tertiary/aromatic N) is 1. The van der Waals surface area contributed by atoms with Crippen LogP contribution in [0.5, 0.6) is 5.75 Å². The maximum Gasteiger partial charge on any atom is 0.269 e. The van der Waals surface area contributed by atoms with E-state index in [4.69, 9.17) is 28.3 Å². The van der Waals surface area contributed by atoms with Crippen molar-refractivity contribution in [1.29, 1.82) is 0 Å². The molecular weight excluding hydrogens is 531 g/mol. The molecule has 3 N–H and O–H groups in total. The van der Waals surface area contributed by atoms with E-state index in [0.29, 0.717) is 11.1 Å². The van der Waals surface area contributed by atoms with Crippen LogP contribution in [0.1, 0.15) is 11.1 Å². The fraction of sp³-hybridized carbons (Fsp3) is 0.0833. The molecule has 0 radical (unpaired) electrons. The first-order valence-electron chi connectivity index (χ1n) is 10.2. The van der Waals surface area contributed by atoms with Gasteiger partial charge in [-0.1, -0.05) is 53.5 Å². The Hall–Kier alpha value is -2.82. The number of phenolic OH excluding ortho intramolecular Hbond substituents is 1. The molecular formula is C24H20Cl2N2O5S2. The summed E-state index contributed by atoms with van der Waals surface area (Å²) in [6, 6.07) is 16.0. The number of rotatable bonds is 5. The Morgan fingerprint density at radius 1 is 0.800 bits per heavy atom. The molecule has 0 saturated heterocycles. The topological polar surface area (TPSA) is 118 Å². The van der Waals surface area contributed by atoms with Crippen LogP contribution in [-0.4, -0.2) is 21.9 Å². The molecule has 0 heterocycles. The standard InChI is InChI=1S/C24H20Cl2N2O5S2/c1-14-5-3-7-20(25)23(14)28(24-15(2)6-4-8-21(24)26)35(32,33)22-13-18(34(27,30)31)11-16-9-10-17(29)12-19(16)22/h3-13,29H,1-2H3,(H2,27,30,31). The van der Waals surface area contributed by atoms with Gasteiger partial charge in [-0.2, -0.15) is 0 Å². The van der Waals surface area contributed by atoms with Crippen molar-refractivity contribution in [1.82, 2.24) is 0 Å². The first-order chi connectivity index (χ1) is 16.3. The predicted molar refractivity (Wildman–Crippen MR) is 139 cm³/mol. The molecule has 0 aliphatic rings. The van der Waals surface area contributed by atoms with Crippen molar-refractivity contribution in [3.05, 3.63) is 87.9 Å². The first kappa shape index (κ1) is 25.3. The van der Waals surface area contributed by atoms with Gasteiger partial charge in [0.1, 0.15) is 5.75 Å². The fourth-order valence-electron chi connectivity index (χ4n) is 3.87. The molecule has 182 valence electrons. The molecule has 4 rings (SSSR count). The van der Waals surface area contributed by atoms with E-state index in [9.17, 15) is 21.9 Å². The number of primary sulfonamides is 1. The lowest BCUT2D eigenvalue weighted by Crippen LogP contribution is -2.29. The van der Waals surface area contributed by atoms with Crippen molar-refractivity contribution in [3.63, 3.8) is 0 Å². The van der Waals surface area contributed by atoms with E-state index >= 15 is 0 Å². The smallest absolute Gasteiger partial charge is 0.269 e. The van der Waals surface area contributed by atoms with E-state index in [0.717, 1.165) is 10.4 Å². The number of aromatic hydroxyl groups is 1. The van der Waals surface area contributed by atoms with E-state index < -0.39 is 29.8 Å². The van der Waals surface area contributed by atoms with Crippen LogP contribution < -0.4 is 9.44 Å². The molecule has 4 aromatic carbocycles.